The molecule has 4 heteroatoms. The smallest absolute Gasteiger partial charge is 0.324 e. The summed E-state index contributed by atoms with van der Waals surface area (Å²) < 4.78 is 13.7. The van der Waals surface area contributed by atoms with Gasteiger partial charge in [-0.05, 0) is 0 Å². The molecule has 0 atom stereocenters. The molecular formula is C2FNO2. The van der Waals surface area contributed by atoms with Crippen molar-refractivity contribution in [2.75, 3.05) is 0 Å². The second-order valence-electron chi connectivity index (χ2n) is 0.431. The summed E-state index contributed by atoms with van der Waals surface area (Å²) in [7, 11) is 0. The summed E-state index contributed by atoms with van der Waals surface area (Å²) in [6.07, 6.45) is -1.23. The van der Waals surface area contributed by atoms with Gasteiger partial charge in [-0.1, -0.05) is 0 Å². The number of carbonyl (C=O) groups is 1. The van der Waals surface area contributed by atoms with Crippen LogP contribution in [0.5, 0.6) is 0 Å². The van der Waals surface area contributed by atoms with Gasteiger partial charge in [0, 0.05) is 0 Å². The molecule has 32 valence electrons. The molecule has 0 fully saturated rings. The minimum atomic E-state index is -2.07. The minimum absolute atomic E-state index is 0.843. The summed E-state index contributed by atoms with van der Waals surface area (Å²) in [5, 5.41) is 7.30. The van der Waals surface area contributed by atoms with Gasteiger partial charge in [-0.15, -0.1) is 9.65 Å². The fourth-order valence-corrected chi connectivity index (χ4v) is 0.0359. The Morgan fingerprint density at radius 3 is 2.50 bits per heavy atom. The Morgan fingerprint density at radius 2 is 2.50 bits per heavy atom. The zero-order valence-electron chi connectivity index (χ0n) is 2.64. The van der Waals surface area contributed by atoms with Crippen molar-refractivity contribution < 1.29 is 13.9 Å². The molecule has 0 saturated heterocycles. The molecule has 0 aromatic heterocycles. The van der Waals surface area contributed by atoms with Gasteiger partial charge in [0.2, 0.25) is 0 Å². The molecule has 0 N–H and O–H groups in total. The maximum absolute atomic E-state index is 10.6. The number of ether oxygens (including phenoxy) is 1. The number of carbonyl (C=O) groups excluding carboxylic acids is 1. The van der Waals surface area contributed by atoms with E-state index in [0.29, 0.717) is 0 Å². The second kappa shape index (κ2) is 2.15. The number of hydrogen-bond donors (Lipinski definition) is 0. The minimum Gasteiger partial charge on any atom is -0.324 e. The Balaban J connectivity index is 3.13. The van der Waals surface area contributed by atoms with Crippen LogP contribution >= 0.6 is 0 Å². The summed E-state index contributed by atoms with van der Waals surface area (Å²) in [5.41, 5.74) is 0. The van der Waals surface area contributed by atoms with Crippen LogP contribution in [0.4, 0.5) is 9.18 Å². The molecule has 0 radical (unpaired) electrons. The Labute approximate surface area is 32.9 Å². The SMILES string of the molecule is N#COC(=O)F. The van der Waals surface area contributed by atoms with E-state index in [9.17, 15) is 4.39 Å². The molecule has 6 heavy (non-hydrogen) atoms. The number of halogens is 1. The summed E-state index contributed by atoms with van der Waals surface area (Å²) in [6.45, 7) is 0. The third-order valence-corrected chi connectivity index (χ3v) is 0.126. The molecule has 0 heterocycles. The highest BCUT2D eigenvalue weighted by Crippen LogP contribution is 1.74. The van der Waals surface area contributed by atoms with Gasteiger partial charge in [-0.2, -0.15) is 0 Å². The van der Waals surface area contributed by atoms with Gasteiger partial charge in [-0.25, -0.2) is 4.79 Å². The standard InChI is InChI=1S/C2FNO2/c3-2(5)6-1-4. The predicted octanol–water partition coefficient (Wildman–Crippen LogP) is 0.574. The lowest BCUT2D eigenvalue weighted by atomic mass is 11.4. The van der Waals surface area contributed by atoms with Crippen molar-refractivity contribution in [2.45, 2.75) is 0 Å². The van der Waals surface area contributed by atoms with Crippen LogP contribution in [0.25, 0.3) is 0 Å². The molecule has 0 spiro atoms. The van der Waals surface area contributed by atoms with E-state index in [1.54, 1.807) is 0 Å². The van der Waals surface area contributed by atoms with E-state index in [2.05, 4.69) is 4.74 Å². The van der Waals surface area contributed by atoms with Crippen LogP contribution in [-0.2, 0) is 4.74 Å². The Bertz CT molecular complexity index is 94.2. The van der Waals surface area contributed by atoms with Gasteiger partial charge in [-0.3, -0.25) is 0 Å². The topological polar surface area (TPSA) is 50.1 Å². The van der Waals surface area contributed by atoms with Crippen molar-refractivity contribution in [1.29, 1.82) is 5.26 Å². The van der Waals surface area contributed by atoms with Gasteiger partial charge in [0.15, 0.2) is 0 Å². The average molecular weight is 89.0 g/mol. The highest BCUT2D eigenvalue weighted by molar-refractivity contribution is 5.59. The van der Waals surface area contributed by atoms with Crippen molar-refractivity contribution in [1.82, 2.24) is 0 Å². The highest BCUT2D eigenvalue weighted by Gasteiger charge is 1.90. The fourth-order valence-electron chi connectivity index (χ4n) is 0.0359. The third-order valence-electron chi connectivity index (χ3n) is 0.126. The van der Waals surface area contributed by atoms with Gasteiger partial charge in [0.25, 0.3) is 6.26 Å². The zero-order valence-corrected chi connectivity index (χ0v) is 2.64. The third kappa shape index (κ3) is 2.89. The molecule has 0 aromatic rings. The lowest BCUT2D eigenvalue weighted by Crippen LogP contribution is -1.82. The van der Waals surface area contributed by atoms with Crippen molar-refractivity contribution >= 4 is 6.22 Å². The molecule has 0 aliphatic rings. The molecule has 0 aliphatic carbocycles. The van der Waals surface area contributed by atoms with Gasteiger partial charge >= 0.3 is 6.22 Å². The van der Waals surface area contributed by atoms with Crippen LogP contribution in [-0.4, -0.2) is 6.22 Å². The van der Waals surface area contributed by atoms with E-state index in [1.807, 2.05) is 0 Å². The maximum Gasteiger partial charge on any atom is 0.511 e. The van der Waals surface area contributed by atoms with E-state index in [-0.39, 0.29) is 0 Å². The highest BCUT2D eigenvalue weighted by atomic mass is 19.1. The molecular weight excluding hydrogens is 89.0 g/mol. The summed E-state index contributed by atoms with van der Waals surface area (Å²) in [5.74, 6) is 0. The quantitative estimate of drug-likeness (QED) is 0.322. The fraction of sp³-hybridized carbons (Fsp3) is 0. The molecule has 0 saturated carbocycles. The molecule has 0 aromatic carbocycles. The van der Waals surface area contributed by atoms with E-state index >= 15 is 0 Å². The summed E-state index contributed by atoms with van der Waals surface area (Å²) in [4.78, 5) is 8.93. The molecule has 0 unspecified atom stereocenters. The van der Waals surface area contributed by atoms with Crippen molar-refractivity contribution in [3.8, 4) is 6.26 Å². The first-order valence-corrected chi connectivity index (χ1v) is 1.02. The Kier molecular flexibility index (Phi) is 1.75. The van der Waals surface area contributed by atoms with Crippen molar-refractivity contribution in [3.05, 3.63) is 0 Å². The zero-order chi connectivity index (χ0) is 4.99. The number of nitrogens with zero attached hydrogens (tertiary/aromatic N) is 1. The number of hydrogen-bond acceptors (Lipinski definition) is 3. The lowest BCUT2D eigenvalue weighted by Gasteiger charge is -1.70. The Hall–Kier alpha value is -1.11. The summed E-state index contributed by atoms with van der Waals surface area (Å²) in [6, 6.07) is 0. The normalized spacial score (nSPS) is 6.00. The van der Waals surface area contributed by atoms with E-state index in [4.69, 9.17) is 10.1 Å². The van der Waals surface area contributed by atoms with Crippen LogP contribution < -0.4 is 0 Å². The predicted molar refractivity (Wildman–Crippen MR) is 13.2 cm³/mol. The van der Waals surface area contributed by atoms with E-state index < -0.39 is 6.22 Å². The molecule has 3 nitrogen and oxygen atoms in total. The molecule has 0 aliphatic heterocycles. The van der Waals surface area contributed by atoms with E-state index in [1.165, 1.54) is 0 Å². The van der Waals surface area contributed by atoms with Crippen LogP contribution in [0.15, 0.2) is 0 Å². The Morgan fingerprint density at radius 1 is 2.00 bits per heavy atom. The molecule has 0 bridgehead atoms. The van der Waals surface area contributed by atoms with Crippen LogP contribution in [0.1, 0.15) is 0 Å². The number of nitriles is 1. The van der Waals surface area contributed by atoms with Gasteiger partial charge in [0.05, 0.1) is 0 Å². The number of rotatable bonds is 0. The van der Waals surface area contributed by atoms with Crippen LogP contribution in [0.2, 0.25) is 0 Å². The molecule has 0 rings (SSSR count). The largest absolute Gasteiger partial charge is 0.511 e. The van der Waals surface area contributed by atoms with Gasteiger partial charge < -0.3 is 4.74 Å². The van der Waals surface area contributed by atoms with E-state index in [0.717, 1.165) is 6.26 Å². The average Bonchev–Trinajstić information content (AvgIpc) is 1.35. The first-order chi connectivity index (χ1) is 2.77. The monoisotopic (exact) mass is 89.0 g/mol. The van der Waals surface area contributed by atoms with Crippen LogP contribution in [0.3, 0.4) is 0 Å². The maximum atomic E-state index is 10.6. The molecule has 0 amide bonds. The van der Waals surface area contributed by atoms with Gasteiger partial charge in [0.1, 0.15) is 0 Å². The van der Waals surface area contributed by atoms with Crippen molar-refractivity contribution in [3.63, 3.8) is 0 Å². The lowest BCUT2D eigenvalue weighted by molar-refractivity contribution is 0.165. The first-order valence-electron chi connectivity index (χ1n) is 1.02. The van der Waals surface area contributed by atoms with Crippen LogP contribution in [0, 0.1) is 11.5 Å². The first kappa shape index (κ1) is 4.89. The van der Waals surface area contributed by atoms with Crippen molar-refractivity contribution in [2.24, 2.45) is 0 Å². The summed E-state index contributed by atoms with van der Waals surface area (Å²) >= 11 is 0. The second-order valence-corrected chi connectivity index (χ2v) is 0.431.